The predicted molar refractivity (Wildman–Crippen MR) is 69.3 cm³/mol. The van der Waals surface area contributed by atoms with Crippen LogP contribution in [0.1, 0.15) is 43.7 Å². The van der Waals surface area contributed by atoms with Crippen LogP contribution in [0.5, 0.6) is 11.5 Å². The maximum Gasteiger partial charge on any atom is 0.119 e. The number of aromatic hydroxyl groups is 2. The first-order chi connectivity index (χ1) is 8.58. The molecule has 0 aromatic heterocycles. The van der Waals surface area contributed by atoms with E-state index >= 15 is 0 Å². The van der Waals surface area contributed by atoms with E-state index in [0.29, 0.717) is 5.56 Å². The topological polar surface area (TPSA) is 86.7 Å². The Hall–Kier alpha value is -1.26. The lowest BCUT2D eigenvalue weighted by molar-refractivity contribution is 0.0617. The van der Waals surface area contributed by atoms with Crippen molar-refractivity contribution in [3.63, 3.8) is 0 Å². The molecule has 0 bridgehead atoms. The molecule has 1 aromatic rings. The molecule has 18 heavy (non-hydrogen) atoms. The molecule has 0 saturated heterocycles. The number of rotatable bonds is 3. The molecular weight excluding hydrogens is 230 g/mol. The molecule has 4 nitrogen and oxygen atoms in total. The SMILES string of the molecule is N[C@H](c1cc(O)cc(O)c1)[C@@H](O)C1CCCCC1. The van der Waals surface area contributed by atoms with Crippen LogP contribution < -0.4 is 5.73 Å². The van der Waals surface area contributed by atoms with Crippen LogP contribution >= 0.6 is 0 Å². The predicted octanol–water partition coefficient (Wildman–Crippen LogP) is 2.04. The molecule has 0 spiro atoms. The first-order valence-electron chi connectivity index (χ1n) is 6.54. The first kappa shape index (κ1) is 13.2. The summed E-state index contributed by atoms with van der Waals surface area (Å²) in [6.07, 6.45) is 4.89. The molecule has 0 unspecified atom stereocenters. The summed E-state index contributed by atoms with van der Waals surface area (Å²) >= 11 is 0. The molecule has 0 amide bonds. The van der Waals surface area contributed by atoms with Crippen molar-refractivity contribution in [1.82, 2.24) is 0 Å². The molecule has 1 aliphatic carbocycles. The minimum atomic E-state index is -0.619. The van der Waals surface area contributed by atoms with Gasteiger partial charge in [-0.15, -0.1) is 0 Å². The van der Waals surface area contributed by atoms with Crippen LogP contribution in [-0.2, 0) is 0 Å². The van der Waals surface area contributed by atoms with E-state index in [1.807, 2.05) is 0 Å². The van der Waals surface area contributed by atoms with Crippen LogP contribution in [0.4, 0.5) is 0 Å². The van der Waals surface area contributed by atoms with Gasteiger partial charge >= 0.3 is 0 Å². The van der Waals surface area contributed by atoms with Gasteiger partial charge in [0.1, 0.15) is 11.5 Å². The van der Waals surface area contributed by atoms with Crippen molar-refractivity contribution in [3.8, 4) is 11.5 Å². The van der Waals surface area contributed by atoms with Gasteiger partial charge in [0.2, 0.25) is 0 Å². The molecule has 0 heterocycles. The Morgan fingerprint density at radius 2 is 1.56 bits per heavy atom. The summed E-state index contributed by atoms with van der Waals surface area (Å²) in [6, 6.07) is 3.68. The number of phenolic OH excluding ortho intramolecular Hbond substituents is 2. The van der Waals surface area contributed by atoms with Gasteiger partial charge in [0, 0.05) is 6.07 Å². The smallest absolute Gasteiger partial charge is 0.119 e. The minimum absolute atomic E-state index is 0.0312. The third-order valence-corrected chi connectivity index (χ3v) is 3.81. The summed E-state index contributed by atoms with van der Waals surface area (Å²) in [5, 5.41) is 29.2. The highest BCUT2D eigenvalue weighted by Crippen LogP contribution is 2.33. The molecule has 1 fully saturated rings. The van der Waals surface area contributed by atoms with E-state index in [1.165, 1.54) is 24.6 Å². The average Bonchev–Trinajstić information content (AvgIpc) is 2.37. The van der Waals surface area contributed by atoms with Crippen molar-refractivity contribution in [3.05, 3.63) is 23.8 Å². The Morgan fingerprint density at radius 1 is 1.00 bits per heavy atom. The summed E-state index contributed by atoms with van der Waals surface area (Å²) < 4.78 is 0. The average molecular weight is 251 g/mol. The fourth-order valence-corrected chi connectivity index (χ4v) is 2.78. The normalized spacial score (nSPS) is 20.6. The number of hydrogen-bond acceptors (Lipinski definition) is 4. The summed E-state index contributed by atoms with van der Waals surface area (Å²) in [4.78, 5) is 0. The number of nitrogens with two attached hydrogens (primary N) is 1. The van der Waals surface area contributed by atoms with E-state index < -0.39 is 12.1 Å². The second-order valence-corrected chi connectivity index (χ2v) is 5.20. The molecular formula is C14H21NO3. The highest BCUT2D eigenvalue weighted by molar-refractivity contribution is 5.38. The van der Waals surface area contributed by atoms with E-state index in [-0.39, 0.29) is 17.4 Å². The molecule has 2 rings (SSSR count). The van der Waals surface area contributed by atoms with Crippen molar-refractivity contribution in [2.75, 3.05) is 0 Å². The summed E-state index contributed by atoms with van der Waals surface area (Å²) in [5.41, 5.74) is 6.61. The molecule has 100 valence electrons. The molecule has 1 aliphatic rings. The zero-order valence-electron chi connectivity index (χ0n) is 10.4. The molecule has 0 radical (unpaired) electrons. The maximum absolute atomic E-state index is 10.3. The van der Waals surface area contributed by atoms with Crippen LogP contribution in [-0.4, -0.2) is 21.4 Å². The van der Waals surface area contributed by atoms with E-state index in [1.54, 1.807) is 0 Å². The highest BCUT2D eigenvalue weighted by Gasteiger charge is 2.28. The van der Waals surface area contributed by atoms with Crippen molar-refractivity contribution >= 4 is 0 Å². The van der Waals surface area contributed by atoms with Crippen LogP contribution in [0.3, 0.4) is 0 Å². The van der Waals surface area contributed by atoms with Gasteiger partial charge in [-0.2, -0.15) is 0 Å². The lowest BCUT2D eigenvalue weighted by Gasteiger charge is -2.30. The lowest BCUT2D eigenvalue weighted by atomic mass is 9.81. The van der Waals surface area contributed by atoms with Gasteiger partial charge in [0.25, 0.3) is 0 Å². The molecule has 4 heteroatoms. The standard InChI is InChI=1S/C14H21NO3/c15-13(10-6-11(16)8-12(17)7-10)14(18)9-4-2-1-3-5-9/h6-9,13-14,16-18H,1-5,15H2/t13-,14+/m1/s1. The van der Waals surface area contributed by atoms with Gasteiger partial charge in [-0.05, 0) is 36.5 Å². The lowest BCUT2D eigenvalue weighted by Crippen LogP contribution is -2.34. The molecule has 1 aromatic carbocycles. The maximum atomic E-state index is 10.3. The number of benzene rings is 1. The minimum Gasteiger partial charge on any atom is -0.508 e. The van der Waals surface area contributed by atoms with E-state index in [0.717, 1.165) is 25.7 Å². The van der Waals surface area contributed by atoms with Crippen LogP contribution in [0.25, 0.3) is 0 Å². The first-order valence-corrected chi connectivity index (χ1v) is 6.54. The van der Waals surface area contributed by atoms with Crippen LogP contribution in [0.2, 0.25) is 0 Å². The zero-order valence-corrected chi connectivity index (χ0v) is 10.4. The number of aliphatic hydroxyl groups excluding tert-OH is 1. The zero-order chi connectivity index (χ0) is 13.1. The summed E-state index contributed by atoms with van der Waals surface area (Å²) in [7, 11) is 0. The Balaban J connectivity index is 2.11. The molecule has 0 aliphatic heterocycles. The van der Waals surface area contributed by atoms with Gasteiger partial charge < -0.3 is 21.1 Å². The highest BCUT2D eigenvalue weighted by atomic mass is 16.3. The molecule has 2 atom stereocenters. The Labute approximate surface area is 107 Å². The third kappa shape index (κ3) is 2.94. The number of hydrogen-bond donors (Lipinski definition) is 4. The van der Waals surface area contributed by atoms with Crippen molar-refractivity contribution in [2.24, 2.45) is 11.7 Å². The number of aliphatic hydroxyl groups is 1. The Bertz CT molecular complexity index is 382. The second-order valence-electron chi connectivity index (χ2n) is 5.20. The monoisotopic (exact) mass is 251 g/mol. The largest absolute Gasteiger partial charge is 0.508 e. The Kier molecular flexibility index (Phi) is 4.09. The fourth-order valence-electron chi connectivity index (χ4n) is 2.78. The van der Waals surface area contributed by atoms with Gasteiger partial charge in [-0.3, -0.25) is 0 Å². The summed E-state index contributed by atoms with van der Waals surface area (Å²) in [5.74, 6) is 0.158. The van der Waals surface area contributed by atoms with Gasteiger partial charge in [0.15, 0.2) is 0 Å². The third-order valence-electron chi connectivity index (χ3n) is 3.81. The quantitative estimate of drug-likeness (QED) is 0.662. The molecule has 5 N–H and O–H groups in total. The van der Waals surface area contributed by atoms with Gasteiger partial charge in [-0.1, -0.05) is 19.3 Å². The van der Waals surface area contributed by atoms with Crippen molar-refractivity contribution < 1.29 is 15.3 Å². The van der Waals surface area contributed by atoms with Crippen molar-refractivity contribution in [2.45, 2.75) is 44.2 Å². The van der Waals surface area contributed by atoms with E-state index in [9.17, 15) is 15.3 Å². The number of phenols is 2. The summed E-state index contributed by atoms with van der Waals surface area (Å²) in [6.45, 7) is 0. The van der Waals surface area contributed by atoms with E-state index in [4.69, 9.17) is 5.73 Å². The van der Waals surface area contributed by atoms with Crippen LogP contribution in [0, 0.1) is 5.92 Å². The van der Waals surface area contributed by atoms with Gasteiger partial charge in [-0.25, -0.2) is 0 Å². The molecule has 1 saturated carbocycles. The Morgan fingerprint density at radius 3 is 2.11 bits per heavy atom. The van der Waals surface area contributed by atoms with E-state index in [2.05, 4.69) is 0 Å². The van der Waals surface area contributed by atoms with Crippen molar-refractivity contribution in [1.29, 1.82) is 0 Å². The fraction of sp³-hybridized carbons (Fsp3) is 0.571. The van der Waals surface area contributed by atoms with Crippen LogP contribution in [0.15, 0.2) is 18.2 Å². The second kappa shape index (κ2) is 5.59. The van der Waals surface area contributed by atoms with Gasteiger partial charge in [0.05, 0.1) is 12.1 Å².